The molecule has 0 radical (unpaired) electrons. The molecule has 0 aliphatic carbocycles. The molecular weight excluding hydrogens is 206 g/mol. The van der Waals surface area contributed by atoms with Crippen LogP contribution in [0.1, 0.15) is 5.56 Å². The number of halogens is 3. The first-order valence-corrected chi connectivity index (χ1v) is 4.28. The molecule has 0 aromatic heterocycles. The van der Waals surface area contributed by atoms with Crippen LogP contribution in [0.5, 0.6) is 0 Å². The summed E-state index contributed by atoms with van der Waals surface area (Å²) in [5.41, 5.74) is 0.665. The third-order valence-electron chi connectivity index (χ3n) is 1.26. The molecule has 0 aliphatic rings. The van der Waals surface area contributed by atoms with Crippen LogP contribution >= 0.6 is 35.8 Å². The summed E-state index contributed by atoms with van der Waals surface area (Å²) < 4.78 is 12.6. The fourth-order valence-corrected chi connectivity index (χ4v) is 1.84. The van der Waals surface area contributed by atoms with Crippen LogP contribution < -0.4 is 0 Å². The van der Waals surface area contributed by atoms with E-state index in [1.807, 2.05) is 0 Å². The second-order valence-electron chi connectivity index (χ2n) is 2.01. The second-order valence-corrected chi connectivity index (χ2v) is 3.14. The maximum atomic E-state index is 12.6. The van der Waals surface area contributed by atoms with E-state index in [1.54, 1.807) is 0 Å². The van der Waals surface area contributed by atoms with E-state index >= 15 is 0 Å². The quantitative estimate of drug-likeness (QED) is 0.674. The van der Waals surface area contributed by atoms with Gasteiger partial charge in [0, 0.05) is 15.8 Å². The van der Waals surface area contributed by atoms with Crippen molar-refractivity contribution in [3.05, 3.63) is 33.6 Å². The molecule has 0 aliphatic heterocycles. The van der Waals surface area contributed by atoms with Gasteiger partial charge in [-0.1, -0.05) is 23.2 Å². The highest BCUT2D eigenvalue weighted by atomic mass is 35.5. The molecule has 0 amide bonds. The minimum absolute atomic E-state index is 0.324. The van der Waals surface area contributed by atoms with E-state index in [2.05, 4.69) is 12.6 Å². The van der Waals surface area contributed by atoms with E-state index in [0.717, 1.165) is 0 Å². The number of rotatable bonds is 1. The maximum Gasteiger partial charge on any atom is 0.126 e. The number of benzene rings is 1. The molecule has 11 heavy (non-hydrogen) atoms. The molecule has 0 saturated heterocycles. The Kier molecular flexibility index (Phi) is 3.05. The van der Waals surface area contributed by atoms with Crippen molar-refractivity contribution >= 4 is 35.8 Å². The molecule has 60 valence electrons. The molecule has 1 aromatic rings. The molecule has 0 heterocycles. The lowest BCUT2D eigenvalue weighted by Crippen LogP contribution is -1.84. The lowest BCUT2D eigenvalue weighted by atomic mass is 10.2. The summed E-state index contributed by atoms with van der Waals surface area (Å²) in [6, 6.07) is 2.44. The molecule has 0 bridgehead atoms. The second kappa shape index (κ2) is 3.65. The zero-order valence-electron chi connectivity index (χ0n) is 5.44. The SMILES string of the molecule is Fc1cc(Cl)c(CS)c(Cl)c1. The Morgan fingerprint density at radius 1 is 1.27 bits per heavy atom. The van der Waals surface area contributed by atoms with Gasteiger partial charge in [0.2, 0.25) is 0 Å². The average Bonchev–Trinajstić information content (AvgIpc) is 1.85. The normalized spacial score (nSPS) is 10.2. The van der Waals surface area contributed by atoms with Crippen molar-refractivity contribution in [2.75, 3.05) is 0 Å². The predicted octanol–water partition coefficient (Wildman–Crippen LogP) is 3.56. The molecule has 1 rings (SSSR count). The predicted molar refractivity (Wildman–Crippen MR) is 49.1 cm³/mol. The molecule has 0 unspecified atom stereocenters. The van der Waals surface area contributed by atoms with Crippen LogP contribution in [0.15, 0.2) is 12.1 Å². The highest BCUT2D eigenvalue weighted by molar-refractivity contribution is 7.79. The topological polar surface area (TPSA) is 0 Å². The van der Waals surface area contributed by atoms with E-state index in [9.17, 15) is 4.39 Å². The number of hydrogen-bond acceptors (Lipinski definition) is 1. The molecular formula is C7H5Cl2FS. The fourth-order valence-electron chi connectivity index (χ4n) is 0.723. The molecule has 0 saturated carbocycles. The summed E-state index contributed by atoms with van der Waals surface area (Å²) >= 11 is 15.3. The van der Waals surface area contributed by atoms with Gasteiger partial charge in [-0.2, -0.15) is 12.6 Å². The van der Waals surface area contributed by atoms with Crippen LogP contribution in [-0.4, -0.2) is 0 Å². The first kappa shape index (κ1) is 9.17. The lowest BCUT2D eigenvalue weighted by molar-refractivity contribution is 0.627. The van der Waals surface area contributed by atoms with Crippen molar-refractivity contribution in [1.29, 1.82) is 0 Å². The lowest BCUT2D eigenvalue weighted by Gasteiger charge is -2.02. The van der Waals surface area contributed by atoms with Crippen molar-refractivity contribution < 1.29 is 4.39 Å². The first-order chi connectivity index (χ1) is 5.15. The van der Waals surface area contributed by atoms with Crippen molar-refractivity contribution in [2.45, 2.75) is 5.75 Å². The minimum Gasteiger partial charge on any atom is -0.207 e. The highest BCUT2D eigenvalue weighted by Crippen LogP contribution is 2.26. The molecule has 0 atom stereocenters. The van der Waals surface area contributed by atoms with Gasteiger partial charge in [0.1, 0.15) is 5.82 Å². The van der Waals surface area contributed by atoms with Gasteiger partial charge < -0.3 is 0 Å². The Bertz CT molecular complexity index is 252. The Morgan fingerprint density at radius 3 is 2.09 bits per heavy atom. The van der Waals surface area contributed by atoms with Gasteiger partial charge in [-0.05, 0) is 17.7 Å². The van der Waals surface area contributed by atoms with E-state index in [0.29, 0.717) is 21.4 Å². The smallest absolute Gasteiger partial charge is 0.126 e. The van der Waals surface area contributed by atoms with Crippen LogP contribution in [0.4, 0.5) is 4.39 Å². The third kappa shape index (κ3) is 2.01. The summed E-state index contributed by atoms with van der Waals surface area (Å²) in [6.07, 6.45) is 0. The van der Waals surface area contributed by atoms with Crippen molar-refractivity contribution in [2.24, 2.45) is 0 Å². The summed E-state index contributed by atoms with van der Waals surface area (Å²) in [7, 11) is 0. The molecule has 0 spiro atoms. The van der Waals surface area contributed by atoms with E-state index in [-0.39, 0.29) is 0 Å². The largest absolute Gasteiger partial charge is 0.207 e. The molecule has 0 N–H and O–H groups in total. The van der Waals surface area contributed by atoms with Gasteiger partial charge in [-0.3, -0.25) is 0 Å². The molecule has 1 aromatic carbocycles. The van der Waals surface area contributed by atoms with Crippen molar-refractivity contribution in [1.82, 2.24) is 0 Å². The maximum absolute atomic E-state index is 12.6. The van der Waals surface area contributed by atoms with Gasteiger partial charge in [0.25, 0.3) is 0 Å². The van der Waals surface area contributed by atoms with Gasteiger partial charge in [0.15, 0.2) is 0 Å². The molecule has 4 heteroatoms. The molecule has 0 fully saturated rings. The van der Waals surface area contributed by atoms with Crippen LogP contribution in [0.3, 0.4) is 0 Å². The first-order valence-electron chi connectivity index (χ1n) is 2.89. The standard InChI is InChI=1S/C7H5Cl2FS/c8-6-1-4(10)2-7(9)5(6)3-11/h1-2,11H,3H2. The Balaban J connectivity index is 3.25. The average molecular weight is 211 g/mol. The van der Waals surface area contributed by atoms with E-state index < -0.39 is 5.82 Å². The summed E-state index contributed by atoms with van der Waals surface area (Å²) in [5, 5.41) is 0.648. The Labute approximate surface area is 79.7 Å². The summed E-state index contributed by atoms with van der Waals surface area (Å²) in [6.45, 7) is 0. The van der Waals surface area contributed by atoms with Crippen LogP contribution in [-0.2, 0) is 5.75 Å². The summed E-state index contributed by atoms with van der Waals surface area (Å²) in [4.78, 5) is 0. The van der Waals surface area contributed by atoms with Gasteiger partial charge in [-0.25, -0.2) is 4.39 Å². The summed E-state index contributed by atoms with van der Waals surface area (Å²) in [5.74, 6) is -0.0108. The van der Waals surface area contributed by atoms with Crippen molar-refractivity contribution in [3.8, 4) is 0 Å². The zero-order valence-corrected chi connectivity index (χ0v) is 7.85. The van der Waals surface area contributed by atoms with Crippen LogP contribution in [0.2, 0.25) is 10.0 Å². The number of hydrogen-bond donors (Lipinski definition) is 1. The van der Waals surface area contributed by atoms with Crippen LogP contribution in [0.25, 0.3) is 0 Å². The highest BCUT2D eigenvalue weighted by Gasteiger charge is 2.05. The van der Waals surface area contributed by atoms with Gasteiger partial charge >= 0.3 is 0 Å². The van der Waals surface area contributed by atoms with Crippen molar-refractivity contribution in [3.63, 3.8) is 0 Å². The zero-order chi connectivity index (χ0) is 8.43. The minimum atomic E-state index is -0.425. The van der Waals surface area contributed by atoms with E-state index in [4.69, 9.17) is 23.2 Å². The number of thiol groups is 1. The molecule has 0 nitrogen and oxygen atoms in total. The van der Waals surface area contributed by atoms with Crippen LogP contribution in [0, 0.1) is 5.82 Å². The monoisotopic (exact) mass is 210 g/mol. The Hall–Kier alpha value is 0.0800. The van der Waals surface area contributed by atoms with Gasteiger partial charge in [0.05, 0.1) is 0 Å². The van der Waals surface area contributed by atoms with E-state index in [1.165, 1.54) is 12.1 Å². The van der Waals surface area contributed by atoms with Gasteiger partial charge in [-0.15, -0.1) is 0 Å². The Morgan fingerprint density at radius 2 is 1.73 bits per heavy atom. The third-order valence-corrected chi connectivity index (χ3v) is 2.25. The fraction of sp³-hybridized carbons (Fsp3) is 0.143.